The summed E-state index contributed by atoms with van der Waals surface area (Å²) < 4.78 is 5.31. The number of benzene rings is 1. The molecule has 2 amide bonds. The summed E-state index contributed by atoms with van der Waals surface area (Å²) >= 11 is 6.04. The first kappa shape index (κ1) is 17.2. The number of nitrogens with zero attached hydrogens (tertiary/aromatic N) is 2. The Morgan fingerprint density at radius 2 is 2.20 bits per heavy atom. The Hall–Kier alpha value is -2.60. The zero-order valence-electron chi connectivity index (χ0n) is 14.0. The van der Waals surface area contributed by atoms with E-state index in [0.717, 1.165) is 5.56 Å². The third-order valence-corrected chi connectivity index (χ3v) is 4.41. The molecule has 0 aliphatic carbocycles. The minimum Gasteiger partial charge on any atom is -0.495 e. The number of aromatic nitrogens is 1. The lowest BCUT2D eigenvalue weighted by molar-refractivity contribution is -0.122. The summed E-state index contributed by atoms with van der Waals surface area (Å²) in [6.07, 6.45) is 1.75. The molecule has 25 heavy (non-hydrogen) atoms. The minimum absolute atomic E-state index is 0.132. The summed E-state index contributed by atoms with van der Waals surface area (Å²) in [4.78, 5) is 30.6. The van der Waals surface area contributed by atoms with Crippen LogP contribution < -0.4 is 15.0 Å². The first-order valence-electron chi connectivity index (χ1n) is 7.86. The highest BCUT2D eigenvalue weighted by Crippen LogP contribution is 2.35. The maximum absolute atomic E-state index is 12.5. The van der Waals surface area contributed by atoms with Gasteiger partial charge in [-0.3, -0.25) is 9.59 Å². The fraction of sp³-hybridized carbons (Fsp3) is 0.278. The second-order valence-electron chi connectivity index (χ2n) is 5.88. The molecule has 1 fully saturated rings. The maximum Gasteiger partial charge on any atom is 0.230 e. The summed E-state index contributed by atoms with van der Waals surface area (Å²) in [5.74, 6) is 0.229. The van der Waals surface area contributed by atoms with Crippen molar-refractivity contribution in [2.24, 2.45) is 5.92 Å². The number of ether oxygens (including phenoxy) is 1. The lowest BCUT2D eigenvalue weighted by Crippen LogP contribution is -2.28. The topological polar surface area (TPSA) is 71.5 Å². The van der Waals surface area contributed by atoms with Gasteiger partial charge >= 0.3 is 0 Å². The second-order valence-corrected chi connectivity index (χ2v) is 6.32. The van der Waals surface area contributed by atoms with Crippen LogP contribution in [0.15, 0.2) is 36.5 Å². The van der Waals surface area contributed by atoms with E-state index in [1.807, 2.05) is 13.0 Å². The number of halogens is 1. The molecule has 1 N–H and O–H groups in total. The molecule has 0 bridgehead atoms. The summed E-state index contributed by atoms with van der Waals surface area (Å²) in [7, 11) is 1.53. The summed E-state index contributed by atoms with van der Waals surface area (Å²) in [6.45, 7) is 2.14. The zero-order chi connectivity index (χ0) is 18.0. The number of hydrogen-bond acceptors (Lipinski definition) is 4. The number of carbonyl (C=O) groups is 2. The molecule has 0 radical (unpaired) electrons. The molecule has 1 aromatic heterocycles. The summed E-state index contributed by atoms with van der Waals surface area (Å²) in [5.41, 5.74) is 1.44. The smallest absolute Gasteiger partial charge is 0.230 e. The van der Waals surface area contributed by atoms with Gasteiger partial charge in [-0.25, -0.2) is 4.98 Å². The SMILES string of the molecule is COc1ccc(Cl)cc1N1C[C@H](C(=O)Nc2ncccc2C)CC1=O. The van der Waals surface area contributed by atoms with Gasteiger partial charge in [0.05, 0.1) is 18.7 Å². The Balaban J connectivity index is 1.78. The quantitative estimate of drug-likeness (QED) is 0.910. The number of methoxy groups -OCH3 is 1. The van der Waals surface area contributed by atoms with Gasteiger partial charge in [0.2, 0.25) is 11.8 Å². The average molecular weight is 360 g/mol. The van der Waals surface area contributed by atoms with Gasteiger partial charge in [0, 0.05) is 24.2 Å². The van der Waals surface area contributed by atoms with E-state index < -0.39 is 5.92 Å². The third kappa shape index (κ3) is 3.58. The van der Waals surface area contributed by atoms with E-state index in [9.17, 15) is 9.59 Å². The Labute approximate surface area is 150 Å². The second kappa shape index (κ2) is 7.11. The van der Waals surface area contributed by atoms with Crippen molar-refractivity contribution >= 4 is 34.9 Å². The van der Waals surface area contributed by atoms with Gasteiger partial charge in [0.25, 0.3) is 0 Å². The number of anilines is 2. The molecule has 0 unspecified atom stereocenters. The van der Waals surface area contributed by atoms with Crippen molar-refractivity contribution in [1.82, 2.24) is 4.98 Å². The predicted molar refractivity (Wildman–Crippen MR) is 96.1 cm³/mol. The monoisotopic (exact) mass is 359 g/mol. The van der Waals surface area contributed by atoms with Crippen molar-refractivity contribution < 1.29 is 14.3 Å². The number of nitrogens with one attached hydrogen (secondary N) is 1. The molecule has 0 spiro atoms. The van der Waals surface area contributed by atoms with Crippen LogP contribution in [0, 0.1) is 12.8 Å². The van der Waals surface area contributed by atoms with Crippen LogP contribution in [-0.4, -0.2) is 30.5 Å². The van der Waals surface area contributed by atoms with Gasteiger partial charge in [0.1, 0.15) is 11.6 Å². The van der Waals surface area contributed by atoms with Crippen molar-refractivity contribution in [2.45, 2.75) is 13.3 Å². The molecule has 1 aliphatic heterocycles. The highest BCUT2D eigenvalue weighted by atomic mass is 35.5. The molecule has 1 aliphatic rings. The first-order chi connectivity index (χ1) is 12.0. The molecule has 1 saturated heterocycles. The van der Waals surface area contributed by atoms with Gasteiger partial charge in [0.15, 0.2) is 0 Å². The Morgan fingerprint density at radius 1 is 1.40 bits per heavy atom. The van der Waals surface area contributed by atoms with Crippen LogP contribution in [0.4, 0.5) is 11.5 Å². The molecule has 2 heterocycles. The molecular formula is C18H18ClN3O3. The normalized spacial score (nSPS) is 16.8. The van der Waals surface area contributed by atoms with E-state index in [-0.39, 0.29) is 24.8 Å². The third-order valence-electron chi connectivity index (χ3n) is 4.18. The van der Waals surface area contributed by atoms with Gasteiger partial charge in [-0.05, 0) is 36.8 Å². The number of amides is 2. The van der Waals surface area contributed by atoms with E-state index in [4.69, 9.17) is 16.3 Å². The average Bonchev–Trinajstić information content (AvgIpc) is 2.98. The van der Waals surface area contributed by atoms with Gasteiger partial charge in [-0.1, -0.05) is 17.7 Å². The number of hydrogen-bond donors (Lipinski definition) is 1. The summed E-state index contributed by atoms with van der Waals surface area (Å²) in [6, 6.07) is 8.73. The lowest BCUT2D eigenvalue weighted by Gasteiger charge is -2.20. The van der Waals surface area contributed by atoms with Crippen LogP contribution in [-0.2, 0) is 9.59 Å². The van der Waals surface area contributed by atoms with Crippen molar-refractivity contribution in [2.75, 3.05) is 23.9 Å². The number of pyridine rings is 1. The highest BCUT2D eigenvalue weighted by Gasteiger charge is 2.36. The van der Waals surface area contributed by atoms with E-state index >= 15 is 0 Å². The van der Waals surface area contributed by atoms with Crippen molar-refractivity contribution in [3.05, 3.63) is 47.1 Å². The Morgan fingerprint density at radius 3 is 2.92 bits per heavy atom. The number of aryl methyl sites for hydroxylation is 1. The van der Waals surface area contributed by atoms with Crippen LogP contribution in [0.2, 0.25) is 5.02 Å². The molecule has 6 nitrogen and oxygen atoms in total. The molecule has 0 saturated carbocycles. The summed E-state index contributed by atoms with van der Waals surface area (Å²) in [5, 5.41) is 3.30. The molecule has 7 heteroatoms. The van der Waals surface area contributed by atoms with Crippen LogP contribution in [0.3, 0.4) is 0 Å². The van der Waals surface area contributed by atoms with Crippen LogP contribution in [0.1, 0.15) is 12.0 Å². The van der Waals surface area contributed by atoms with E-state index in [1.54, 1.807) is 35.4 Å². The van der Waals surface area contributed by atoms with Crippen LogP contribution in [0.25, 0.3) is 0 Å². The fourth-order valence-corrected chi connectivity index (χ4v) is 2.99. The van der Waals surface area contributed by atoms with Gasteiger partial charge < -0.3 is 15.0 Å². The van der Waals surface area contributed by atoms with E-state index in [2.05, 4.69) is 10.3 Å². The highest BCUT2D eigenvalue weighted by molar-refractivity contribution is 6.31. The van der Waals surface area contributed by atoms with E-state index in [0.29, 0.717) is 22.3 Å². The number of carbonyl (C=O) groups excluding carboxylic acids is 2. The molecule has 1 aromatic carbocycles. The largest absolute Gasteiger partial charge is 0.495 e. The van der Waals surface area contributed by atoms with Gasteiger partial charge in [-0.15, -0.1) is 0 Å². The standard InChI is InChI=1S/C18H18ClN3O3/c1-11-4-3-7-20-17(11)21-18(24)12-8-16(23)22(10-12)14-9-13(19)5-6-15(14)25-2/h3-7,9,12H,8,10H2,1-2H3,(H,20,21,24)/t12-/m1/s1. The molecule has 3 rings (SSSR count). The zero-order valence-corrected chi connectivity index (χ0v) is 14.7. The van der Waals surface area contributed by atoms with Crippen LogP contribution >= 0.6 is 11.6 Å². The minimum atomic E-state index is -0.461. The van der Waals surface area contributed by atoms with Crippen molar-refractivity contribution in [3.63, 3.8) is 0 Å². The predicted octanol–water partition coefficient (Wildman–Crippen LogP) is 3.04. The Kier molecular flexibility index (Phi) is 4.90. The molecular weight excluding hydrogens is 342 g/mol. The fourth-order valence-electron chi connectivity index (χ4n) is 2.83. The van der Waals surface area contributed by atoms with Crippen LogP contribution in [0.5, 0.6) is 5.75 Å². The van der Waals surface area contributed by atoms with Gasteiger partial charge in [-0.2, -0.15) is 0 Å². The van der Waals surface area contributed by atoms with Crippen molar-refractivity contribution in [3.8, 4) is 5.75 Å². The first-order valence-corrected chi connectivity index (χ1v) is 8.23. The number of rotatable bonds is 4. The maximum atomic E-state index is 12.5. The van der Waals surface area contributed by atoms with Crippen molar-refractivity contribution in [1.29, 1.82) is 0 Å². The lowest BCUT2D eigenvalue weighted by atomic mass is 10.1. The van der Waals surface area contributed by atoms with E-state index in [1.165, 1.54) is 7.11 Å². The molecule has 2 aromatic rings. The molecule has 1 atom stereocenters. The molecule has 130 valence electrons. The Bertz CT molecular complexity index is 825.